The minimum absolute atomic E-state index is 0.0577. The predicted octanol–water partition coefficient (Wildman–Crippen LogP) is 5.29. The number of nitrogens with zero attached hydrogens (tertiary/aromatic N) is 1. The molecule has 4 nitrogen and oxygen atoms in total. The minimum Gasteiger partial charge on any atom is -0.516 e. The first-order valence-corrected chi connectivity index (χ1v) is 14.3. The van der Waals surface area contributed by atoms with Gasteiger partial charge in [0.05, 0.1) is 6.67 Å². The summed E-state index contributed by atoms with van der Waals surface area (Å²) in [6.07, 6.45) is 2.09. The topological polar surface area (TPSA) is 41.9 Å². The highest BCUT2D eigenvalue weighted by atomic mass is 32.2. The number of alkyl halides is 1. The van der Waals surface area contributed by atoms with Gasteiger partial charge in [-0.1, -0.05) is 12.1 Å². The van der Waals surface area contributed by atoms with Gasteiger partial charge in [-0.25, -0.2) is 4.39 Å². The van der Waals surface area contributed by atoms with Crippen molar-refractivity contribution in [1.29, 1.82) is 0 Å². The van der Waals surface area contributed by atoms with Crippen molar-refractivity contribution in [2.75, 3.05) is 32.1 Å². The lowest BCUT2D eigenvalue weighted by Crippen LogP contribution is -2.37. The van der Waals surface area contributed by atoms with E-state index in [2.05, 4.69) is 4.90 Å². The molecule has 10 heteroatoms. The zero-order valence-corrected chi connectivity index (χ0v) is 22.9. The molecule has 0 bridgehead atoms. The molecule has 1 fully saturated rings. The molecule has 0 spiro atoms. The van der Waals surface area contributed by atoms with E-state index < -0.39 is 11.1 Å². The van der Waals surface area contributed by atoms with Gasteiger partial charge in [0.1, 0.15) is 52.7 Å². The van der Waals surface area contributed by atoms with E-state index in [4.69, 9.17) is 33.0 Å². The van der Waals surface area contributed by atoms with E-state index in [0.717, 1.165) is 59.0 Å². The number of hydrogen-bond acceptors (Lipinski definition) is 5. The summed E-state index contributed by atoms with van der Waals surface area (Å²) in [5.74, 6) is 1.27. The molecule has 5 rings (SSSR count). The summed E-state index contributed by atoms with van der Waals surface area (Å²) >= 11 is 1.62. The average Bonchev–Trinajstić information content (AvgIpc) is 3.26. The smallest absolute Gasteiger partial charge is 0.134 e. The lowest BCUT2D eigenvalue weighted by molar-refractivity contribution is 0.198. The van der Waals surface area contributed by atoms with Crippen LogP contribution in [0.4, 0.5) is 8.78 Å². The first kappa shape index (κ1) is 28.7. The van der Waals surface area contributed by atoms with E-state index in [0.29, 0.717) is 24.2 Å². The third-order valence-electron chi connectivity index (χ3n) is 6.99. The van der Waals surface area contributed by atoms with Crippen molar-refractivity contribution in [2.45, 2.75) is 35.6 Å². The summed E-state index contributed by atoms with van der Waals surface area (Å²) in [6, 6.07) is 17.5. The lowest BCUT2D eigenvalue weighted by atomic mass is 9.52. The number of allylic oxidation sites excluding steroid dienone is 1. The molecule has 0 aliphatic carbocycles. The van der Waals surface area contributed by atoms with Crippen molar-refractivity contribution in [3.8, 4) is 17.2 Å². The molecule has 1 saturated heterocycles. The molecule has 2 aliphatic heterocycles. The second-order valence-electron chi connectivity index (χ2n) is 10.1. The number of thioether (sulfide) groups is 1. The van der Waals surface area contributed by atoms with Crippen molar-refractivity contribution in [3.63, 3.8) is 0 Å². The Morgan fingerprint density at radius 2 is 1.75 bits per heavy atom. The van der Waals surface area contributed by atoms with Crippen molar-refractivity contribution >= 4 is 46.4 Å². The maximum atomic E-state index is 15.5. The summed E-state index contributed by atoms with van der Waals surface area (Å²) in [5.41, 5.74) is 3.95. The second-order valence-corrected chi connectivity index (χ2v) is 11.3. The summed E-state index contributed by atoms with van der Waals surface area (Å²) in [7, 11) is 16.6. The van der Waals surface area contributed by atoms with Gasteiger partial charge in [0, 0.05) is 41.9 Å². The molecule has 1 N–H and O–H groups in total. The fourth-order valence-electron chi connectivity index (χ4n) is 5.27. The third kappa shape index (κ3) is 6.89. The van der Waals surface area contributed by atoms with E-state index >= 15 is 4.39 Å². The number of likely N-dealkylation sites (tertiary alicyclic amines) is 1. The number of benzene rings is 3. The summed E-state index contributed by atoms with van der Waals surface area (Å²) in [5, 5.41) is 8.23. The Morgan fingerprint density at radius 1 is 1.00 bits per heavy atom. The van der Waals surface area contributed by atoms with Crippen LogP contribution in [0.1, 0.15) is 36.0 Å². The first-order chi connectivity index (χ1) is 19.2. The Hall–Kier alpha value is -2.84. The Balaban J connectivity index is 1.49. The summed E-state index contributed by atoms with van der Waals surface area (Å²) in [4.78, 5) is 3.15. The van der Waals surface area contributed by atoms with Crippen molar-refractivity contribution < 1.29 is 23.4 Å². The standard InChI is InChI=1S/C30H28B3F2NO3S/c31-30(32,33)39-22-7-9-24(27(35)17-22)25-11-15-40-28-16-20(37)4-8-26(28)29(25)19-2-5-21(6-3-19)38-23-10-14-36(18-23)13-1-12-34/h2-9,16-17,23,37H,1,10-15,18H2/t23-/m0/s1. The van der Waals surface area contributed by atoms with Crippen LogP contribution in [0.3, 0.4) is 0 Å². The fourth-order valence-corrected chi connectivity index (χ4v) is 6.32. The summed E-state index contributed by atoms with van der Waals surface area (Å²) in [6.45, 7) is 2.12. The van der Waals surface area contributed by atoms with E-state index in [9.17, 15) is 9.50 Å². The predicted molar refractivity (Wildman–Crippen MR) is 159 cm³/mol. The molecule has 2 heterocycles. The van der Waals surface area contributed by atoms with Gasteiger partial charge >= 0.3 is 0 Å². The average molecular weight is 553 g/mol. The van der Waals surface area contributed by atoms with Gasteiger partial charge in [-0.15, -0.1) is 11.8 Å². The molecule has 0 saturated carbocycles. The van der Waals surface area contributed by atoms with Gasteiger partial charge in [0.25, 0.3) is 0 Å². The van der Waals surface area contributed by atoms with Crippen LogP contribution >= 0.6 is 11.8 Å². The molecule has 3 aromatic rings. The van der Waals surface area contributed by atoms with Gasteiger partial charge in [-0.05, 0) is 89.3 Å². The highest BCUT2D eigenvalue weighted by Crippen LogP contribution is 2.45. The van der Waals surface area contributed by atoms with Crippen molar-refractivity contribution in [1.82, 2.24) is 4.90 Å². The number of halogens is 2. The van der Waals surface area contributed by atoms with Gasteiger partial charge in [0.15, 0.2) is 0 Å². The Labute approximate surface area is 242 Å². The number of fused-ring (bicyclic) bond motifs is 1. The molecule has 0 unspecified atom stereocenters. The Kier molecular flexibility index (Phi) is 8.86. The molecule has 200 valence electrons. The van der Waals surface area contributed by atoms with Crippen LogP contribution in [0.5, 0.6) is 17.2 Å². The number of hydrogen-bond donors (Lipinski definition) is 1. The maximum Gasteiger partial charge on any atom is 0.134 e. The van der Waals surface area contributed by atoms with Gasteiger partial charge < -0.3 is 14.6 Å². The van der Waals surface area contributed by atoms with Crippen LogP contribution in [0, 0.1) is 5.82 Å². The molecular formula is C30H28B3F2NO3S. The SMILES string of the molecule is [B]C([B])([B])Oc1ccc(C2=C(c3ccc(O[C@H]4CCN(CCCF)C4)cc3)c3ccc(O)cc3SCC2)c(F)c1. The molecule has 2 aliphatic rings. The Morgan fingerprint density at radius 3 is 2.48 bits per heavy atom. The molecule has 1 atom stereocenters. The number of ether oxygens (including phenoxy) is 2. The highest BCUT2D eigenvalue weighted by molar-refractivity contribution is 7.99. The van der Waals surface area contributed by atoms with Gasteiger partial charge in [-0.2, -0.15) is 0 Å². The fraction of sp³-hybridized carbons (Fsp3) is 0.333. The van der Waals surface area contributed by atoms with Crippen molar-refractivity contribution in [3.05, 3.63) is 83.2 Å². The zero-order chi connectivity index (χ0) is 28.3. The van der Waals surface area contributed by atoms with E-state index in [1.807, 2.05) is 30.3 Å². The Bertz CT molecular complexity index is 1380. The normalized spacial score (nSPS) is 17.9. The quantitative estimate of drug-likeness (QED) is 0.365. The molecule has 0 amide bonds. The minimum atomic E-state index is -1.92. The second kappa shape index (κ2) is 12.4. The summed E-state index contributed by atoms with van der Waals surface area (Å²) < 4.78 is 39.5. The van der Waals surface area contributed by atoms with E-state index in [1.54, 1.807) is 36.0 Å². The van der Waals surface area contributed by atoms with Crippen LogP contribution in [0.25, 0.3) is 11.1 Å². The molecule has 3 aromatic carbocycles. The molecule has 0 aromatic heterocycles. The number of phenolic OH excluding ortho intramolecular Hbond substituents is 1. The van der Waals surface area contributed by atoms with Crippen LogP contribution in [-0.4, -0.2) is 77.0 Å². The first-order valence-electron chi connectivity index (χ1n) is 13.3. The molecule has 40 heavy (non-hydrogen) atoms. The van der Waals surface area contributed by atoms with Crippen LogP contribution < -0.4 is 9.47 Å². The molecular weight excluding hydrogens is 525 g/mol. The van der Waals surface area contributed by atoms with E-state index in [-0.39, 0.29) is 24.3 Å². The lowest BCUT2D eigenvalue weighted by Gasteiger charge is -2.24. The third-order valence-corrected chi connectivity index (χ3v) is 8.05. The highest BCUT2D eigenvalue weighted by Gasteiger charge is 2.25. The van der Waals surface area contributed by atoms with E-state index in [1.165, 1.54) is 6.07 Å². The van der Waals surface area contributed by atoms with Gasteiger partial charge in [0.2, 0.25) is 0 Å². The number of rotatable bonds is 9. The van der Waals surface area contributed by atoms with Crippen LogP contribution in [0.15, 0.2) is 65.6 Å². The van der Waals surface area contributed by atoms with Gasteiger partial charge in [-0.3, -0.25) is 9.29 Å². The van der Waals surface area contributed by atoms with Crippen LogP contribution in [-0.2, 0) is 0 Å². The number of phenols is 1. The maximum absolute atomic E-state index is 15.5. The zero-order valence-electron chi connectivity index (χ0n) is 22.1. The number of aromatic hydroxyl groups is 1. The molecule has 6 radical (unpaired) electrons. The van der Waals surface area contributed by atoms with Crippen LogP contribution in [0.2, 0.25) is 0 Å². The monoisotopic (exact) mass is 553 g/mol. The largest absolute Gasteiger partial charge is 0.516 e. The van der Waals surface area contributed by atoms with Crippen molar-refractivity contribution in [2.24, 2.45) is 0 Å².